The molecule has 1 aromatic rings. The molecule has 108 valence electrons. The summed E-state index contributed by atoms with van der Waals surface area (Å²) in [6.07, 6.45) is 1.95. The van der Waals surface area contributed by atoms with Gasteiger partial charge in [0.05, 0.1) is 0 Å². The van der Waals surface area contributed by atoms with Gasteiger partial charge in [0, 0.05) is 25.1 Å². The first-order valence-corrected chi connectivity index (χ1v) is 7.08. The van der Waals surface area contributed by atoms with Gasteiger partial charge >= 0.3 is 0 Å². The van der Waals surface area contributed by atoms with Crippen molar-refractivity contribution in [1.29, 1.82) is 0 Å². The third-order valence-electron chi connectivity index (χ3n) is 4.22. The lowest BCUT2D eigenvalue weighted by molar-refractivity contribution is 0.113. The molecule has 0 fully saturated rings. The molecule has 19 heavy (non-hydrogen) atoms. The number of hydrogen-bond acceptors (Lipinski definition) is 3. The van der Waals surface area contributed by atoms with Crippen molar-refractivity contribution in [3.05, 3.63) is 28.8 Å². The molecular weight excluding hydrogens is 238 g/mol. The van der Waals surface area contributed by atoms with Crippen LogP contribution in [0.2, 0.25) is 0 Å². The summed E-state index contributed by atoms with van der Waals surface area (Å²) in [5.74, 6) is 0.385. The fraction of sp³-hybridized carbons (Fsp3) is 0.625. The highest BCUT2D eigenvalue weighted by molar-refractivity contribution is 5.42. The Bertz CT molecular complexity index is 380. The van der Waals surface area contributed by atoms with Crippen LogP contribution in [-0.4, -0.2) is 23.4 Å². The molecule has 3 N–H and O–H groups in total. The summed E-state index contributed by atoms with van der Waals surface area (Å²) < 4.78 is 0. The van der Waals surface area contributed by atoms with E-state index < -0.39 is 0 Å². The van der Waals surface area contributed by atoms with Gasteiger partial charge in [0.25, 0.3) is 0 Å². The van der Waals surface area contributed by atoms with Crippen molar-refractivity contribution in [3.63, 3.8) is 0 Å². The van der Waals surface area contributed by atoms with Crippen molar-refractivity contribution < 1.29 is 10.2 Å². The van der Waals surface area contributed by atoms with Crippen molar-refractivity contribution in [2.24, 2.45) is 5.41 Å². The van der Waals surface area contributed by atoms with Crippen LogP contribution in [0.25, 0.3) is 0 Å². The molecule has 0 aliphatic carbocycles. The molecule has 0 aromatic heterocycles. The Balaban J connectivity index is 2.63. The number of phenolic OH excluding ortho intramolecular Hbond substituents is 1. The number of aromatic hydroxyl groups is 1. The predicted octanol–water partition coefficient (Wildman–Crippen LogP) is 2.90. The van der Waals surface area contributed by atoms with Gasteiger partial charge in [-0.15, -0.1) is 0 Å². The van der Waals surface area contributed by atoms with E-state index in [1.165, 1.54) is 5.56 Å². The SMILES string of the molecule is CCC(CC)(CO)CNCc1cc(C)c(O)c(C)c1. The Morgan fingerprint density at radius 1 is 1.11 bits per heavy atom. The highest BCUT2D eigenvalue weighted by atomic mass is 16.3. The van der Waals surface area contributed by atoms with E-state index in [1.54, 1.807) is 0 Å². The second-order valence-electron chi connectivity index (χ2n) is 5.55. The molecule has 0 spiro atoms. The summed E-state index contributed by atoms with van der Waals surface area (Å²) in [6.45, 7) is 9.89. The summed E-state index contributed by atoms with van der Waals surface area (Å²) in [5, 5.41) is 22.7. The quantitative estimate of drug-likeness (QED) is 0.710. The molecule has 0 saturated carbocycles. The Kier molecular flexibility index (Phi) is 5.83. The molecule has 0 unspecified atom stereocenters. The normalized spacial score (nSPS) is 11.8. The second-order valence-corrected chi connectivity index (χ2v) is 5.55. The highest BCUT2D eigenvalue weighted by Crippen LogP contribution is 2.25. The summed E-state index contributed by atoms with van der Waals surface area (Å²) >= 11 is 0. The first kappa shape index (κ1) is 16.0. The third-order valence-corrected chi connectivity index (χ3v) is 4.22. The molecule has 1 rings (SSSR count). The van der Waals surface area contributed by atoms with E-state index in [2.05, 4.69) is 19.2 Å². The lowest BCUT2D eigenvalue weighted by Crippen LogP contribution is -2.36. The molecule has 0 radical (unpaired) electrons. The molecule has 0 aliphatic heterocycles. The zero-order chi connectivity index (χ0) is 14.5. The van der Waals surface area contributed by atoms with Gasteiger partial charge in [-0.25, -0.2) is 0 Å². The molecule has 3 nitrogen and oxygen atoms in total. The van der Waals surface area contributed by atoms with E-state index in [4.69, 9.17) is 0 Å². The van der Waals surface area contributed by atoms with Gasteiger partial charge in [-0.3, -0.25) is 0 Å². The van der Waals surface area contributed by atoms with Crippen molar-refractivity contribution in [2.75, 3.05) is 13.2 Å². The lowest BCUT2D eigenvalue weighted by atomic mass is 9.83. The zero-order valence-corrected chi connectivity index (χ0v) is 12.6. The van der Waals surface area contributed by atoms with Crippen LogP contribution in [0.5, 0.6) is 5.75 Å². The number of benzene rings is 1. The Hall–Kier alpha value is -1.06. The smallest absolute Gasteiger partial charge is 0.121 e. The van der Waals surface area contributed by atoms with Gasteiger partial charge in [-0.05, 0) is 43.4 Å². The van der Waals surface area contributed by atoms with E-state index in [1.807, 2.05) is 26.0 Å². The summed E-state index contributed by atoms with van der Waals surface area (Å²) in [6, 6.07) is 4.02. The zero-order valence-electron chi connectivity index (χ0n) is 12.6. The van der Waals surface area contributed by atoms with Gasteiger partial charge in [-0.2, -0.15) is 0 Å². The van der Waals surface area contributed by atoms with Crippen LogP contribution >= 0.6 is 0 Å². The summed E-state index contributed by atoms with van der Waals surface area (Å²) in [7, 11) is 0. The van der Waals surface area contributed by atoms with Crippen molar-refractivity contribution in [2.45, 2.75) is 47.1 Å². The maximum Gasteiger partial charge on any atom is 0.121 e. The van der Waals surface area contributed by atoms with Crippen LogP contribution in [0.3, 0.4) is 0 Å². The van der Waals surface area contributed by atoms with E-state index in [0.717, 1.165) is 37.1 Å². The molecule has 0 aliphatic rings. The molecule has 3 heteroatoms. The average molecular weight is 265 g/mol. The van der Waals surface area contributed by atoms with Crippen molar-refractivity contribution in [1.82, 2.24) is 5.32 Å². The number of rotatable bonds is 7. The van der Waals surface area contributed by atoms with Gasteiger partial charge in [0.2, 0.25) is 0 Å². The van der Waals surface area contributed by atoms with E-state index in [0.29, 0.717) is 5.75 Å². The Morgan fingerprint density at radius 3 is 2.05 bits per heavy atom. The predicted molar refractivity (Wildman–Crippen MR) is 79.4 cm³/mol. The first-order chi connectivity index (χ1) is 8.98. The third kappa shape index (κ3) is 3.95. The van der Waals surface area contributed by atoms with Gasteiger partial charge in [0.15, 0.2) is 0 Å². The molecule has 0 saturated heterocycles. The van der Waals surface area contributed by atoms with Crippen LogP contribution in [0.1, 0.15) is 43.4 Å². The minimum atomic E-state index is -0.0129. The van der Waals surface area contributed by atoms with Crippen LogP contribution in [0.15, 0.2) is 12.1 Å². The molecule has 0 amide bonds. The molecular formula is C16H27NO2. The van der Waals surface area contributed by atoms with Gasteiger partial charge in [-0.1, -0.05) is 26.0 Å². The molecule has 0 atom stereocenters. The van der Waals surface area contributed by atoms with Crippen molar-refractivity contribution in [3.8, 4) is 5.75 Å². The first-order valence-electron chi connectivity index (χ1n) is 7.08. The Labute approximate surface area is 116 Å². The molecule has 0 heterocycles. The molecule has 1 aromatic carbocycles. The summed E-state index contributed by atoms with van der Waals surface area (Å²) in [5.41, 5.74) is 2.99. The van der Waals surface area contributed by atoms with Crippen LogP contribution in [-0.2, 0) is 6.54 Å². The van der Waals surface area contributed by atoms with Crippen molar-refractivity contribution >= 4 is 0 Å². The number of nitrogens with one attached hydrogen (secondary N) is 1. The Morgan fingerprint density at radius 2 is 1.63 bits per heavy atom. The van der Waals surface area contributed by atoms with E-state index in [-0.39, 0.29) is 12.0 Å². The number of aryl methyl sites for hydroxylation is 2. The van der Waals surface area contributed by atoms with E-state index >= 15 is 0 Å². The number of aliphatic hydroxyl groups excluding tert-OH is 1. The van der Waals surface area contributed by atoms with E-state index in [9.17, 15) is 10.2 Å². The summed E-state index contributed by atoms with van der Waals surface area (Å²) in [4.78, 5) is 0. The van der Waals surface area contributed by atoms with Crippen LogP contribution < -0.4 is 5.32 Å². The fourth-order valence-corrected chi connectivity index (χ4v) is 2.40. The monoisotopic (exact) mass is 265 g/mol. The number of phenols is 1. The minimum Gasteiger partial charge on any atom is -0.507 e. The standard InChI is InChI=1S/C16H27NO2/c1-5-16(6-2,11-18)10-17-9-14-7-12(3)15(19)13(4)8-14/h7-8,17-19H,5-6,9-11H2,1-4H3. The number of hydrogen-bond donors (Lipinski definition) is 3. The van der Waals surface area contributed by atoms with Gasteiger partial charge in [0.1, 0.15) is 5.75 Å². The van der Waals surface area contributed by atoms with Gasteiger partial charge < -0.3 is 15.5 Å². The fourth-order valence-electron chi connectivity index (χ4n) is 2.40. The maximum atomic E-state index is 9.75. The minimum absolute atomic E-state index is 0.0129. The highest BCUT2D eigenvalue weighted by Gasteiger charge is 2.24. The largest absolute Gasteiger partial charge is 0.507 e. The topological polar surface area (TPSA) is 52.5 Å². The maximum absolute atomic E-state index is 9.75. The second kappa shape index (κ2) is 6.92. The number of aliphatic hydroxyl groups is 1. The van der Waals surface area contributed by atoms with Crippen LogP contribution in [0, 0.1) is 19.3 Å². The van der Waals surface area contributed by atoms with Crippen LogP contribution in [0.4, 0.5) is 0 Å². The average Bonchev–Trinajstić information content (AvgIpc) is 2.41. The molecule has 0 bridgehead atoms. The lowest BCUT2D eigenvalue weighted by Gasteiger charge is -2.29.